The van der Waals surface area contributed by atoms with E-state index in [9.17, 15) is 0 Å². The summed E-state index contributed by atoms with van der Waals surface area (Å²) in [5.41, 5.74) is 1.37. The minimum absolute atomic E-state index is 0. The Balaban J connectivity index is 0.000000720. The Labute approximate surface area is 92.0 Å². The predicted molar refractivity (Wildman–Crippen MR) is 49.9 cm³/mol. The van der Waals surface area contributed by atoms with Crippen molar-refractivity contribution < 1.29 is 20.3 Å². The van der Waals surface area contributed by atoms with E-state index >= 15 is 0 Å². The second-order valence-corrected chi connectivity index (χ2v) is 4.33. The molecule has 0 bridgehead atoms. The molecular formula is C10H9LiSe. The fourth-order valence-electron chi connectivity index (χ4n) is 1.05. The van der Waals surface area contributed by atoms with Gasteiger partial charge in [0.1, 0.15) is 0 Å². The maximum atomic E-state index is 2.25. The SMILES string of the molecule is [H-].[Li+].c1ccc(-c2ccc[se]2)cc1. The van der Waals surface area contributed by atoms with Crippen molar-refractivity contribution in [3.05, 3.63) is 47.4 Å². The zero-order valence-electron chi connectivity index (χ0n) is 8.03. The molecule has 2 aromatic rings. The molecule has 0 fully saturated rings. The Morgan fingerprint density at radius 2 is 1.67 bits per heavy atom. The van der Waals surface area contributed by atoms with E-state index in [0.29, 0.717) is 14.5 Å². The van der Waals surface area contributed by atoms with Gasteiger partial charge in [-0.25, -0.2) is 0 Å². The number of hydrogen-bond acceptors (Lipinski definition) is 0. The van der Waals surface area contributed by atoms with E-state index in [1.165, 1.54) is 10.0 Å². The van der Waals surface area contributed by atoms with Crippen LogP contribution in [0.25, 0.3) is 10.0 Å². The van der Waals surface area contributed by atoms with Gasteiger partial charge in [-0.15, -0.1) is 0 Å². The van der Waals surface area contributed by atoms with Gasteiger partial charge in [0.2, 0.25) is 0 Å². The first-order chi connectivity index (χ1) is 5.47. The Morgan fingerprint density at radius 1 is 0.917 bits per heavy atom. The second-order valence-electron chi connectivity index (χ2n) is 2.34. The number of hydrogen-bond donors (Lipinski definition) is 0. The van der Waals surface area contributed by atoms with Gasteiger partial charge in [-0.05, 0) is 0 Å². The van der Waals surface area contributed by atoms with Crippen molar-refractivity contribution in [3.63, 3.8) is 0 Å². The predicted octanol–water partition coefficient (Wildman–Crippen LogP) is -0.473. The van der Waals surface area contributed by atoms with Crippen molar-refractivity contribution >= 4 is 14.5 Å². The minimum atomic E-state index is 0. The first-order valence-corrected chi connectivity index (χ1v) is 5.40. The third-order valence-corrected chi connectivity index (χ3v) is 3.51. The van der Waals surface area contributed by atoms with Gasteiger partial charge in [0, 0.05) is 0 Å². The van der Waals surface area contributed by atoms with Crippen LogP contribution in [0.15, 0.2) is 47.4 Å². The summed E-state index contributed by atoms with van der Waals surface area (Å²) >= 11 is 0.571. The first kappa shape index (κ1) is 9.90. The molecule has 0 unspecified atom stereocenters. The van der Waals surface area contributed by atoms with Crippen LogP contribution >= 0.6 is 0 Å². The molecule has 0 aliphatic carbocycles. The molecule has 1 aromatic heterocycles. The van der Waals surface area contributed by atoms with Crippen molar-refractivity contribution in [3.8, 4) is 10.0 Å². The molecule has 0 amide bonds. The standard InChI is InChI=1S/C10H8Se.Li.H/c1-2-5-9(6-3-1)10-7-4-8-11-10;;/h1-8H;;/q;+1;-1. The van der Waals surface area contributed by atoms with Crippen LogP contribution in [-0.4, -0.2) is 14.5 Å². The molecule has 2 rings (SSSR count). The second kappa shape index (κ2) is 4.75. The van der Waals surface area contributed by atoms with Gasteiger partial charge in [-0.1, -0.05) is 0 Å². The molecule has 0 radical (unpaired) electrons. The van der Waals surface area contributed by atoms with E-state index in [2.05, 4.69) is 47.4 Å². The van der Waals surface area contributed by atoms with Crippen LogP contribution in [0.5, 0.6) is 0 Å². The van der Waals surface area contributed by atoms with Gasteiger partial charge in [0.15, 0.2) is 0 Å². The molecule has 12 heavy (non-hydrogen) atoms. The molecular weight excluding hydrogens is 206 g/mol. The van der Waals surface area contributed by atoms with Gasteiger partial charge < -0.3 is 1.43 Å². The van der Waals surface area contributed by atoms with Crippen LogP contribution in [0.1, 0.15) is 1.43 Å². The van der Waals surface area contributed by atoms with E-state index < -0.39 is 0 Å². The zero-order valence-corrected chi connectivity index (χ0v) is 8.74. The van der Waals surface area contributed by atoms with Crippen molar-refractivity contribution in [1.82, 2.24) is 0 Å². The number of rotatable bonds is 1. The van der Waals surface area contributed by atoms with Gasteiger partial charge in [0.25, 0.3) is 0 Å². The molecule has 0 spiro atoms. The summed E-state index contributed by atoms with van der Waals surface area (Å²) in [5.74, 6) is 0. The molecule has 0 saturated carbocycles. The molecule has 1 aromatic carbocycles. The molecule has 2 heteroatoms. The van der Waals surface area contributed by atoms with E-state index in [1.54, 1.807) is 0 Å². The Bertz CT molecular complexity index is 318. The summed E-state index contributed by atoms with van der Waals surface area (Å²) in [6.45, 7) is 0. The summed E-state index contributed by atoms with van der Waals surface area (Å²) in [4.78, 5) is 2.25. The molecule has 1 heterocycles. The third kappa shape index (κ3) is 2.16. The Kier molecular flexibility index (Phi) is 3.92. The van der Waals surface area contributed by atoms with Gasteiger partial charge in [-0.2, -0.15) is 0 Å². The van der Waals surface area contributed by atoms with Crippen LogP contribution in [0.4, 0.5) is 0 Å². The van der Waals surface area contributed by atoms with Crippen molar-refractivity contribution in [2.45, 2.75) is 0 Å². The van der Waals surface area contributed by atoms with E-state index in [0.717, 1.165) is 0 Å². The van der Waals surface area contributed by atoms with Crippen molar-refractivity contribution in [1.29, 1.82) is 0 Å². The topological polar surface area (TPSA) is 0 Å². The van der Waals surface area contributed by atoms with Gasteiger partial charge in [0.05, 0.1) is 0 Å². The summed E-state index contributed by atoms with van der Waals surface area (Å²) in [6.07, 6.45) is 0. The quantitative estimate of drug-likeness (QED) is 0.564. The molecule has 0 aliphatic heterocycles. The van der Waals surface area contributed by atoms with E-state index in [4.69, 9.17) is 0 Å². The summed E-state index contributed by atoms with van der Waals surface area (Å²) < 4.78 is 1.48. The first-order valence-electron chi connectivity index (χ1n) is 3.56. The van der Waals surface area contributed by atoms with Crippen LogP contribution in [0.2, 0.25) is 0 Å². The maximum absolute atomic E-state index is 2.25. The molecule has 0 saturated heterocycles. The average molecular weight is 215 g/mol. The fourth-order valence-corrected chi connectivity index (χ4v) is 2.58. The van der Waals surface area contributed by atoms with Gasteiger partial charge in [-0.3, -0.25) is 0 Å². The van der Waals surface area contributed by atoms with Crippen LogP contribution in [0.3, 0.4) is 0 Å². The van der Waals surface area contributed by atoms with E-state index in [1.807, 2.05) is 0 Å². The molecule has 0 atom stereocenters. The summed E-state index contributed by atoms with van der Waals surface area (Å²) in [6, 6.07) is 14.9. The molecule has 0 nitrogen and oxygen atoms in total. The zero-order chi connectivity index (χ0) is 7.52. The van der Waals surface area contributed by atoms with E-state index in [-0.39, 0.29) is 20.3 Å². The normalized spacial score (nSPS) is 9.00. The average Bonchev–Trinajstić information content (AvgIpc) is 2.58. The van der Waals surface area contributed by atoms with Crippen LogP contribution in [0, 0.1) is 0 Å². The monoisotopic (exact) mass is 216 g/mol. The summed E-state index contributed by atoms with van der Waals surface area (Å²) in [7, 11) is 0. The van der Waals surface area contributed by atoms with Crippen LogP contribution in [-0.2, 0) is 0 Å². The van der Waals surface area contributed by atoms with Crippen LogP contribution < -0.4 is 18.9 Å². The van der Waals surface area contributed by atoms with Crippen molar-refractivity contribution in [2.24, 2.45) is 0 Å². The Morgan fingerprint density at radius 3 is 2.25 bits per heavy atom. The fraction of sp³-hybridized carbons (Fsp3) is 0. The van der Waals surface area contributed by atoms with Crippen molar-refractivity contribution in [2.75, 3.05) is 0 Å². The number of benzene rings is 1. The molecule has 0 N–H and O–H groups in total. The summed E-state index contributed by atoms with van der Waals surface area (Å²) in [5, 5.41) is 0. The Hall–Kier alpha value is -0.183. The third-order valence-electron chi connectivity index (χ3n) is 1.58. The van der Waals surface area contributed by atoms with Gasteiger partial charge >= 0.3 is 90.8 Å². The molecule has 0 aliphatic rings. The molecule has 56 valence electrons.